The molecule has 0 saturated carbocycles. The fraction of sp³-hybridized carbons (Fsp3) is 0.167. The van der Waals surface area contributed by atoms with Crippen molar-refractivity contribution in [1.82, 2.24) is 9.55 Å². The SMILES string of the molecule is CSc1ncc(C(=O)OCC(=O)c2ccc(C)s2)n1-c1ccccc1. The molecule has 1 aromatic carbocycles. The molecule has 128 valence electrons. The van der Waals surface area contributed by atoms with Crippen molar-refractivity contribution < 1.29 is 14.3 Å². The van der Waals surface area contributed by atoms with E-state index in [9.17, 15) is 9.59 Å². The number of rotatable bonds is 6. The van der Waals surface area contributed by atoms with E-state index in [-0.39, 0.29) is 12.4 Å². The normalized spacial score (nSPS) is 10.6. The van der Waals surface area contributed by atoms with Crippen LogP contribution in [0.15, 0.2) is 53.8 Å². The molecule has 0 atom stereocenters. The van der Waals surface area contributed by atoms with Crippen molar-refractivity contribution in [3.8, 4) is 5.69 Å². The maximum atomic E-state index is 12.5. The average molecular weight is 372 g/mol. The van der Waals surface area contributed by atoms with Gasteiger partial charge in [-0.2, -0.15) is 0 Å². The third kappa shape index (κ3) is 3.83. The van der Waals surface area contributed by atoms with Gasteiger partial charge in [-0.05, 0) is 37.4 Å². The number of ether oxygens (including phenoxy) is 1. The molecule has 0 bridgehead atoms. The Morgan fingerprint density at radius 3 is 2.60 bits per heavy atom. The Morgan fingerprint density at radius 2 is 1.96 bits per heavy atom. The summed E-state index contributed by atoms with van der Waals surface area (Å²) in [7, 11) is 0. The highest BCUT2D eigenvalue weighted by molar-refractivity contribution is 7.98. The number of benzene rings is 1. The Hall–Kier alpha value is -2.38. The molecule has 2 heterocycles. The van der Waals surface area contributed by atoms with Crippen molar-refractivity contribution in [3.63, 3.8) is 0 Å². The summed E-state index contributed by atoms with van der Waals surface area (Å²) in [6.45, 7) is 1.64. The van der Waals surface area contributed by atoms with Crippen LogP contribution in [0, 0.1) is 6.92 Å². The first-order chi connectivity index (χ1) is 12.1. The van der Waals surface area contributed by atoms with Gasteiger partial charge in [-0.25, -0.2) is 9.78 Å². The van der Waals surface area contributed by atoms with Crippen molar-refractivity contribution in [2.75, 3.05) is 12.9 Å². The van der Waals surface area contributed by atoms with Gasteiger partial charge >= 0.3 is 5.97 Å². The number of imidazole rings is 1. The number of hydrogen-bond donors (Lipinski definition) is 0. The van der Waals surface area contributed by atoms with Crippen LogP contribution in [0.25, 0.3) is 5.69 Å². The van der Waals surface area contributed by atoms with Gasteiger partial charge in [0, 0.05) is 10.6 Å². The number of para-hydroxylation sites is 1. The zero-order valence-electron chi connectivity index (χ0n) is 13.8. The molecule has 0 radical (unpaired) electrons. The largest absolute Gasteiger partial charge is 0.453 e. The summed E-state index contributed by atoms with van der Waals surface area (Å²) in [5.74, 6) is -0.777. The second kappa shape index (κ2) is 7.67. The highest BCUT2D eigenvalue weighted by Crippen LogP contribution is 2.22. The topological polar surface area (TPSA) is 61.2 Å². The molecular formula is C18H16N2O3S2. The summed E-state index contributed by atoms with van der Waals surface area (Å²) in [6.07, 6.45) is 3.36. The number of thioether (sulfide) groups is 1. The number of ketones is 1. The monoisotopic (exact) mass is 372 g/mol. The molecule has 0 fully saturated rings. The lowest BCUT2D eigenvalue weighted by Gasteiger charge is -2.10. The fourth-order valence-electron chi connectivity index (χ4n) is 2.31. The summed E-state index contributed by atoms with van der Waals surface area (Å²) in [5, 5.41) is 0.679. The average Bonchev–Trinajstić information content (AvgIpc) is 3.26. The van der Waals surface area contributed by atoms with Gasteiger partial charge in [0.15, 0.2) is 17.5 Å². The summed E-state index contributed by atoms with van der Waals surface area (Å²) in [6, 6.07) is 13.1. The quantitative estimate of drug-likeness (QED) is 0.372. The van der Waals surface area contributed by atoms with Gasteiger partial charge in [-0.1, -0.05) is 30.0 Å². The minimum Gasteiger partial charge on any atom is -0.453 e. The molecule has 0 aliphatic rings. The second-order valence-corrected chi connectivity index (χ2v) is 7.27. The number of hydrogen-bond acceptors (Lipinski definition) is 6. The van der Waals surface area contributed by atoms with Gasteiger partial charge in [0.2, 0.25) is 5.78 Å². The number of aromatic nitrogens is 2. The molecule has 25 heavy (non-hydrogen) atoms. The lowest BCUT2D eigenvalue weighted by Crippen LogP contribution is -2.16. The van der Waals surface area contributed by atoms with Crippen molar-refractivity contribution in [2.24, 2.45) is 0 Å². The van der Waals surface area contributed by atoms with Crippen LogP contribution in [-0.4, -0.2) is 34.2 Å². The van der Waals surface area contributed by atoms with Crippen LogP contribution in [0.3, 0.4) is 0 Å². The summed E-state index contributed by atoms with van der Waals surface area (Å²) in [5.41, 5.74) is 1.11. The maximum Gasteiger partial charge on any atom is 0.357 e. The van der Waals surface area contributed by atoms with E-state index in [2.05, 4.69) is 4.98 Å². The molecule has 2 aromatic heterocycles. The van der Waals surface area contributed by atoms with Gasteiger partial charge in [0.1, 0.15) is 0 Å². The van der Waals surface area contributed by atoms with Crippen LogP contribution < -0.4 is 0 Å². The maximum absolute atomic E-state index is 12.5. The number of carbonyl (C=O) groups is 2. The van der Waals surface area contributed by atoms with Crippen LogP contribution in [0.4, 0.5) is 0 Å². The first-order valence-corrected chi connectivity index (χ1v) is 9.58. The molecule has 0 N–H and O–H groups in total. The number of thiophene rings is 1. The number of carbonyl (C=O) groups excluding carboxylic acids is 2. The standard InChI is InChI=1S/C18H16N2O3S2/c1-12-8-9-16(25-12)15(21)11-23-17(22)14-10-19-18(24-2)20(14)13-6-4-3-5-7-13/h3-10H,11H2,1-2H3. The molecule has 3 rings (SSSR count). The van der Waals surface area contributed by atoms with Crippen molar-refractivity contribution in [2.45, 2.75) is 12.1 Å². The van der Waals surface area contributed by atoms with E-state index >= 15 is 0 Å². The molecule has 5 nitrogen and oxygen atoms in total. The Morgan fingerprint density at radius 1 is 1.20 bits per heavy atom. The number of Topliss-reactive ketones (excluding diaryl/α,β-unsaturated/α-hetero) is 1. The lowest BCUT2D eigenvalue weighted by atomic mass is 10.3. The fourth-order valence-corrected chi connectivity index (χ4v) is 3.65. The van der Waals surface area contributed by atoms with Crippen LogP contribution in [0.2, 0.25) is 0 Å². The second-order valence-electron chi connectivity index (χ2n) is 5.21. The van der Waals surface area contributed by atoms with Crippen LogP contribution in [0.1, 0.15) is 25.0 Å². The van der Waals surface area contributed by atoms with Crippen molar-refractivity contribution in [3.05, 3.63) is 64.1 Å². The number of esters is 1. The minimum absolute atomic E-state index is 0.206. The van der Waals surface area contributed by atoms with E-state index in [0.29, 0.717) is 15.7 Å². The van der Waals surface area contributed by atoms with E-state index in [0.717, 1.165) is 10.6 Å². The number of nitrogens with zero attached hydrogens (tertiary/aromatic N) is 2. The van der Waals surface area contributed by atoms with E-state index in [1.807, 2.05) is 49.6 Å². The molecule has 0 spiro atoms. The highest BCUT2D eigenvalue weighted by atomic mass is 32.2. The van der Waals surface area contributed by atoms with E-state index in [4.69, 9.17) is 4.74 Å². The Balaban J connectivity index is 1.79. The zero-order valence-corrected chi connectivity index (χ0v) is 15.4. The molecule has 0 aliphatic carbocycles. The third-order valence-electron chi connectivity index (χ3n) is 3.49. The van der Waals surface area contributed by atoms with Crippen LogP contribution in [-0.2, 0) is 4.74 Å². The molecule has 7 heteroatoms. The first-order valence-electron chi connectivity index (χ1n) is 7.54. The molecule has 0 unspecified atom stereocenters. The van der Waals surface area contributed by atoms with Crippen LogP contribution >= 0.6 is 23.1 Å². The summed E-state index contributed by atoms with van der Waals surface area (Å²) in [4.78, 5) is 30.5. The Kier molecular flexibility index (Phi) is 5.35. The lowest BCUT2D eigenvalue weighted by molar-refractivity contribution is 0.0467. The van der Waals surface area contributed by atoms with Gasteiger partial charge in [0.05, 0.1) is 11.1 Å². The van der Waals surface area contributed by atoms with E-state index in [1.165, 1.54) is 29.3 Å². The molecule has 0 aliphatic heterocycles. The predicted octanol–water partition coefficient (Wildman–Crippen LogP) is 4.00. The van der Waals surface area contributed by atoms with E-state index < -0.39 is 5.97 Å². The highest BCUT2D eigenvalue weighted by Gasteiger charge is 2.20. The Labute approximate surface area is 153 Å². The summed E-state index contributed by atoms with van der Waals surface area (Å²) < 4.78 is 6.95. The third-order valence-corrected chi connectivity index (χ3v) is 5.18. The summed E-state index contributed by atoms with van der Waals surface area (Å²) >= 11 is 2.82. The molecule has 3 aromatic rings. The van der Waals surface area contributed by atoms with Gasteiger partial charge in [-0.3, -0.25) is 9.36 Å². The number of aryl methyl sites for hydroxylation is 1. The van der Waals surface area contributed by atoms with E-state index in [1.54, 1.807) is 10.6 Å². The van der Waals surface area contributed by atoms with Crippen molar-refractivity contribution >= 4 is 34.9 Å². The Bertz CT molecular complexity index is 900. The van der Waals surface area contributed by atoms with Gasteiger partial charge < -0.3 is 4.74 Å². The smallest absolute Gasteiger partial charge is 0.357 e. The first kappa shape index (κ1) is 17.4. The zero-order chi connectivity index (χ0) is 17.8. The van der Waals surface area contributed by atoms with Gasteiger partial charge in [0.25, 0.3) is 0 Å². The molecule has 0 saturated heterocycles. The van der Waals surface area contributed by atoms with Crippen LogP contribution in [0.5, 0.6) is 0 Å². The minimum atomic E-state index is -0.571. The molecule has 0 amide bonds. The van der Waals surface area contributed by atoms with Crippen molar-refractivity contribution in [1.29, 1.82) is 0 Å². The molecular weight excluding hydrogens is 356 g/mol. The predicted molar refractivity (Wildman–Crippen MR) is 99.0 cm³/mol. The van der Waals surface area contributed by atoms with Gasteiger partial charge in [-0.15, -0.1) is 11.3 Å².